The van der Waals surface area contributed by atoms with Gasteiger partial charge in [0, 0.05) is 4.88 Å². The Kier molecular flexibility index (Phi) is 2.92. The van der Waals surface area contributed by atoms with Crippen molar-refractivity contribution in [2.75, 3.05) is 7.11 Å². The maximum absolute atomic E-state index is 8.39. The molecule has 1 rings (SSSR count). The lowest BCUT2D eigenvalue weighted by Gasteiger charge is -1.91. The summed E-state index contributed by atoms with van der Waals surface area (Å²) in [4.78, 5) is 1.02. The first-order chi connectivity index (χ1) is 5.27. The highest BCUT2D eigenvalue weighted by Crippen LogP contribution is 2.34. The minimum Gasteiger partial charge on any atom is -0.486 e. The quantitative estimate of drug-likeness (QED) is 0.785. The number of nitriles is 1. The fraction of sp³-hybridized carbons (Fsp3) is 0.286. The van der Waals surface area contributed by atoms with Crippen LogP contribution in [0.3, 0.4) is 0 Å². The smallest absolute Gasteiger partial charge is 0.188 e. The van der Waals surface area contributed by atoms with Crippen LogP contribution in [0.2, 0.25) is 0 Å². The van der Waals surface area contributed by atoms with Crippen molar-refractivity contribution in [2.45, 2.75) is 6.42 Å². The van der Waals surface area contributed by atoms with Crippen LogP contribution in [0.15, 0.2) is 10.5 Å². The van der Waals surface area contributed by atoms with Crippen molar-refractivity contribution in [3.8, 4) is 11.1 Å². The van der Waals surface area contributed by atoms with Crippen molar-refractivity contribution in [2.24, 2.45) is 0 Å². The van der Waals surface area contributed by atoms with E-state index in [4.69, 9.17) is 10.00 Å². The summed E-state index contributed by atoms with van der Waals surface area (Å²) in [5.41, 5.74) is 0. The normalized spacial score (nSPS) is 9.18. The van der Waals surface area contributed by atoms with Crippen molar-refractivity contribution >= 4 is 27.3 Å². The zero-order valence-electron chi connectivity index (χ0n) is 5.93. The Bertz CT molecular complexity index is 289. The van der Waals surface area contributed by atoms with Crippen LogP contribution in [0.4, 0.5) is 0 Å². The number of methoxy groups -OCH3 is 1. The number of thiophene rings is 1. The molecule has 0 N–H and O–H groups in total. The van der Waals surface area contributed by atoms with Crippen LogP contribution in [0.25, 0.3) is 0 Å². The minimum absolute atomic E-state index is 0.451. The van der Waals surface area contributed by atoms with Crippen LogP contribution in [-0.4, -0.2) is 7.11 Å². The molecule has 0 radical (unpaired) electrons. The fourth-order valence-corrected chi connectivity index (χ4v) is 2.33. The van der Waals surface area contributed by atoms with Gasteiger partial charge in [0.05, 0.1) is 24.1 Å². The number of nitrogens with zero attached hydrogens (tertiary/aromatic N) is 1. The van der Waals surface area contributed by atoms with E-state index in [1.54, 1.807) is 7.11 Å². The molecule has 11 heavy (non-hydrogen) atoms. The van der Waals surface area contributed by atoms with Gasteiger partial charge in [-0.25, -0.2) is 0 Å². The molecule has 2 nitrogen and oxygen atoms in total. The highest BCUT2D eigenvalue weighted by atomic mass is 79.9. The molecule has 1 heterocycles. The van der Waals surface area contributed by atoms with Gasteiger partial charge in [0.25, 0.3) is 0 Å². The van der Waals surface area contributed by atoms with Crippen molar-refractivity contribution in [1.82, 2.24) is 0 Å². The second-order valence-electron chi connectivity index (χ2n) is 1.89. The molecule has 0 aliphatic rings. The van der Waals surface area contributed by atoms with Gasteiger partial charge in [-0.15, -0.1) is 11.3 Å². The molecule has 0 unspecified atom stereocenters. The standard InChI is InChI=1S/C7H6BrNOS/c1-10-7-6(8)4-5(11-7)2-3-9/h4H,2H2,1H3. The highest BCUT2D eigenvalue weighted by Gasteiger charge is 2.05. The number of hydrogen-bond donors (Lipinski definition) is 0. The van der Waals surface area contributed by atoms with E-state index in [0.29, 0.717) is 6.42 Å². The SMILES string of the molecule is COc1sc(CC#N)cc1Br. The molecule has 0 aliphatic carbocycles. The summed E-state index contributed by atoms with van der Waals surface area (Å²) in [5.74, 6) is 0. The number of ether oxygens (including phenoxy) is 1. The summed E-state index contributed by atoms with van der Waals surface area (Å²) in [6.07, 6.45) is 0.451. The Labute approximate surface area is 77.5 Å². The maximum atomic E-state index is 8.39. The van der Waals surface area contributed by atoms with E-state index in [0.717, 1.165) is 14.4 Å². The van der Waals surface area contributed by atoms with Crippen molar-refractivity contribution in [1.29, 1.82) is 5.26 Å². The Morgan fingerprint density at radius 1 is 1.82 bits per heavy atom. The van der Waals surface area contributed by atoms with Gasteiger partial charge in [-0.3, -0.25) is 0 Å². The molecule has 4 heteroatoms. The molecule has 0 atom stereocenters. The Hall–Kier alpha value is -0.530. The Balaban J connectivity index is 2.88. The molecule has 0 fully saturated rings. The summed E-state index contributed by atoms with van der Waals surface area (Å²) in [6.45, 7) is 0. The molecule has 58 valence electrons. The fourth-order valence-electron chi connectivity index (χ4n) is 0.702. The van der Waals surface area contributed by atoms with Crippen LogP contribution in [0.5, 0.6) is 5.06 Å². The summed E-state index contributed by atoms with van der Waals surface area (Å²) >= 11 is 4.82. The predicted molar refractivity (Wildman–Crippen MR) is 47.9 cm³/mol. The number of halogens is 1. The first-order valence-electron chi connectivity index (χ1n) is 2.97. The summed E-state index contributed by atoms with van der Waals surface area (Å²) in [5, 5.41) is 9.22. The summed E-state index contributed by atoms with van der Waals surface area (Å²) in [7, 11) is 1.62. The Morgan fingerprint density at radius 3 is 3.00 bits per heavy atom. The van der Waals surface area contributed by atoms with E-state index in [9.17, 15) is 0 Å². The van der Waals surface area contributed by atoms with Crippen LogP contribution in [-0.2, 0) is 6.42 Å². The second kappa shape index (κ2) is 3.74. The van der Waals surface area contributed by atoms with Crippen LogP contribution >= 0.6 is 27.3 Å². The van der Waals surface area contributed by atoms with Gasteiger partial charge in [-0.2, -0.15) is 5.26 Å². The third-order valence-corrected chi connectivity index (χ3v) is 3.09. The highest BCUT2D eigenvalue weighted by molar-refractivity contribution is 9.10. The Morgan fingerprint density at radius 2 is 2.55 bits per heavy atom. The van der Waals surface area contributed by atoms with Gasteiger partial charge < -0.3 is 4.74 Å². The molecule has 0 aromatic carbocycles. The summed E-state index contributed by atoms with van der Waals surface area (Å²) in [6, 6.07) is 3.99. The molecule has 0 aliphatic heterocycles. The molecule has 0 bridgehead atoms. The van der Waals surface area contributed by atoms with Gasteiger partial charge in [0.2, 0.25) is 0 Å². The maximum Gasteiger partial charge on any atom is 0.188 e. The van der Waals surface area contributed by atoms with Gasteiger partial charge in [0.15, 0.2) is 5.06 Å². The third-order valence-electron chi connectivity index (χ3n) is 1.15. The van der Waals surface area contributed by atoms with Gasteiger partial charge >= 0.3 is 0 Å². The van der Waals surface area contributed by atoms with E-state index in [-0.39, 0.29) is 0 Å². The van der Waals surface area contributed by atoms with Crippen molar-refractivity contribution in [3.63, 3.8) is 0 Å². The van der Waals surface area contributed by atoms with E-state index >= 15 is 0 Å². The van der Waals surface area contributed by atoms with E-state index in [1.165, 1.54) is 11.3 Å². The van der Waals surface area contributed by atoms with Crippen LogP contribution in [0.1, 0.15) is 4.88 Å². The lowest BCUT2D eigenvalue weighted by atomic mass is 10.4. The zero-order chi connectivity index (χ0) is 8.27. The number of rotatable bonds is 2. The van der Waals surface area contributed by atoms with Gasteiger partial charge in [-0.1, -0.05) is 0 Å². The summed E-state index contributed by atoms with van der Waals surface area (Å²) < 4.78 is 5.96. The molecule has 1 aromatic heterocycles. The second-order valence-corrected chi connectivity index (χ2v) is 3.84. The van der Waals surface area contributed by atoms with Crippen molar-refractivity contribution < 1.29 is 4.74 Å². The molecule has 0 amide bonds. The molecule has 1 aromatic rings. The third kappa shape index (κ3) is 1.95. The zero-order valence-corrected chi connectivity index (χ0v) is 8.33. The van der Waals surface area contributed by atoms with Crippen molar-refractivity contribution in [3.05, 3.63) is 15.4 Å². The molecule has 0 saturated heterocycles. The average molecular weight is 232 g/mol. The number of hydrogen-bond acceptors (Lipinski definition) is 3. The van der Waals surface area contributed by atoms with Gasteiger partial charge in [0.1, 0.15) is 0 Å². The largest absolute Gasteiger partial charge is 0.486 e. The lowest BCUT2D eigenvalue weighted by molar-refractivity contribution is 0.425. The topological polar surface area (TPSA) is 33.0 Å². The van der Waals surface area contributed by atoms with Crippen LogP contribution in [0, 0.1) is 11.3 Å². The lowest BCUT2D eigenvalue weighted by Crippen LogP contribution is -1.75. The average Bonchev–Trinajstić information content (AvgIpc) is 2.32. The van der Waals surface area contributed by atoms with E-state index < -0.39 is 0 Å². The minimum atomic E-state index is 0.451. The first kappa shape index (κ1) is 8.57. The van der Waals surface area contributed by atoms with E-state index in [2.05, 4.69) is 22.0 Å². The first-order valence-corrected chi connectivity index (χ1v) is 4.58. The molecular formula is C7H6BrNOS. The van der Waals surface area contributed by atoms with E-state index in [1.807, 2.05) is 6.07 Å². The van der Waals surface area contributed by atoms with Crippen LogP contribution < -0.4 is 4.74 Å². The molecular weight excluding hydrogens is 226 g/mol. The molecule has 0 saturated carbocycles. The monoisotopic (exact) mass is 231 g/mol. The molecule has 0 spiro atoms. The van der Waals surface area contributed by atoms with Gasteiger partial charge in [-0.05, 0) is 22.0 Å². The predicted octanol–water partition coefficient (Wildman–Crippen LogP) is 2.59.